The van der Waals surface area contributed by atoms with Crippen LogP contribution in [-0.4, -0.2) is 70.8 Å². The molecule has 194 valence electrons. The van der Waals surface area contributed by atoms with E-state index in [1.807, 2.05) is 19.2 Å². The van der Waals surface area contributed by atoms with Crippen LogP contribution in [-0.2, 0) is 18.3 Å². The number of anilines is 3. The Hall–Kier alpha value is -4.38. The van der Waals surface area contributed by atoms with Crippen molar-refractivity contribution >= 4 is 40.1 Å². The predicted octanol–water partition coefficient (Wildman–Crippen LogP) is 2.48. The van der Waals surface area contributed by atoms with Gasteiger partial charge >= 0.3 is 18.2 Å². The first kappa shape index (κ1) is 25.7. The van der Waals surface area contributed by atoms with Gasteiger partial charge in [-0.2, -0.15) is 23.5 Å². The normalized spacial score (nSPS) is 15.0. The molecule has 2 aliphatic rings. The second-order valence-corrected chi connectivity index (χ2v) is 8.34. The monoisotopic (exact) mass is 516 g/mol. The molecule has 0 radical (unpaired) electrons. The maximum atomic E-state index is 13.1. The number of halogens is 3. The van der Waals surface area contributed by atoms with Gasteiger partial charge in [0.2, 0.25) is 0 Å². The Kier molecular flexibility index (Phi) is 7.16. The van der Waals surface area contributed by atoms with E-state index in [4.69, 9.17) is 9.90 Å². The molecular formula is C23H23F3N8O3. The highest BCUT2D eigenvalue weighted by Crippen LogP contribution is 2.34. The van der Waals surface area contributed by atoms with E-state index in [1.54, 1.807) is 28.0 Å². The number of carbonyl (C=O) groups is 2. The van der Waals surface area contributed by atoms with Crippen LogP contribution in [0.1, 0.15) is 11.1 Å². The number of nitriles is 1. The highest BCUT2D eigenvalue weighted by Gasteiger charge is 2.38. The average Bonchev–Trinajstić information content (AvgIpc) is 3.47. The number of nitrogens with one attached hydrogen (secondary N) is 2. The fourth-order valence-electron chi connectivity index (χ4n) is 4.29. The number of fused-ring (bicyclic) bond motifs is 2. The number of pyridine rings is 1. The van der Waals surface area contributed by atoms with E-state index in [1.165, 1.54) is 0 Å². The zero-order chi connectivity index (χ0) is 26.7. The van der Waals surface area contributed by atoms with Gasteiger partial charge < -0.3 is 20.6 Å². The Morgan fingerprint density at radius 3 is 2.54 bits per heavy atom. The number of nitrogens with zero attached hydrogens (tertiary/aromatic N) is 6. The second kappa shape index (κ2) is 10.3. The molecule has 1 aromatic carbocycles. The molecule has 0 unspecified atom stereocenters. The minimum absolute atomic E-state index is 0.279. The van der Waals surface area contributed by atoms with Gasteiger partial charge in [0, 0.05) is 68.8 Å². The van der Waals surface area contributed by atoms with Crippen LogP contribution in [0.3, 0.4) is 0 Å². The molecule has 2 aromatic heterocycles. The smallest absolute Gasteiger partial charge is 0.475 e. The Bertz CT molecular complexity index is 1380. The SMILES string of the molecule is Cn1cc2c(C#N)c(NC(=O)N3CCc4c(N5CCNCC5)ccnc43)ccc2n1.O=C(O)C(F)(F)F. The van der Waals surface area contributed by atoms with Crippen molar-refractivity contribution < 1.29 is 27.9 Å². The van der Waals surface area contributed by atoms with E-state index < -0.39 is 12.1 Å². The van der Waals surface area contributed by atoms with E-state index in [9.17, 15) is 23.2 Å². The van der Waals surface area contributed by atoms with Gasteiger partial charge in [-0.25, -0.2) is 14.6 Å². The van der Waals surface area contributed by atoms with Gasteiger partial charge in [0.05, 0.1) is 16.8 Å². The molecule has 1 fully saturated rings. The zero-order valence-electron chi connectivity index (χ0n) is 19.7. The quantitative estimate of drug-likeness (QED) is 0.472. The average molecular weight is 516 g/mol. The number of urea groups is 1. The molecule has 2 aliphatic heterocycles. The lowest BCUT2D eigenvalue weighted by molar-refractivity contribution is -0.192. The summed E-state index contributed by atoms with van der Waals surface area (Å²) >= 11 is 0. The Balaban J connectivity index is 0.000000405. The number of piperazine rings is 1. The van der Waals surface area contributed by atoms with Crippen LogP contribution in [0.15, 0.2) is 30.6 Å². The number of aromatic nitrogens is 3. The van der Waals surface area contributed by atoms with Crippen LogP contribution in [0.25, 0.3) is 10.9 Å². The summed E-state index contributed by atoms with van der Waals surface area (Å²) in [5.41, 5.74) is 3.88. The summed E-state index contributed by atoms with van der Waals surface area (Å²) in [6, 6.07) is 7.50. The fourth-order valence-corrected chi connectivity index (χ4v) is 4.29. The summed E-state index contributed by atoms with van der Waals surface area (Å²) in [5.74, 6) is -2.06. The molecule has 11 nitrogen and oxygen atoms in total. The minimum atomic E-state index is -5.08. The summed E-state index contributed by atoms with van der Waals surface area (Å²) in [6.45, 7) is 4.36. The molecule has 2 amide bonds. The largest absolute Gasteiger partial charge is 0.490 e. The van der Waals surface area contributed by atoms with Gasteiger partial charge in [0.15, 0.2) is 0 Å². The number of carboxylic acids is 1. The third-order valence-corrected chi connectivity index (χ3v) is 5.95. The Morgan fingerprint density at radius 1 is 1.19 bits per heavy atom. The van der Waals surface area contributed by atoms with Crippen molar-refractivity contribution in [3.63, 3.8) is 0 Å². The first-order valence-corrected chi connectivity index (χ1v) is 11.3. The van der Waals surface area contributed by atoms with Gasteiger partial charge in [0.25, 0.3) is 0 Å². The van der Waals surface area contributed by atoms with E-state index in [-0.39, 0.29) is 6.03 Å². The van der Waals surface area contributed by atoms with Gasteiger partial charge in [0.1, 0.15) is 11.9 Å². The highest BCUT2D eigenvalue weighted by molar-refractivity contribution is 6.05. The third kappa shape index (κ3) is 5.41. The number of hydrogen-bond acceptors (Lipinski definition) is 7. The molecule has 3 aromatic rings. The van der Waals surface area contributed by atoms with Crippen molar-refractivity contribution in [2.75, 3.05) is 47.8 Å². The molecule has 0 atom stereocenters. The molecule has 1 saturated heterocycles. The number of alkyl halides is 3. The highest BCUT2D eigenvalue weighted by atomic mass is 19.4. The van der Waals surface area contributed by atoms with Gasteiger partial charge in [-0.05, 0) is 24.6 Å². The number of amides is 2. The number of aliphatic carboxylic acids is 1. The molecule has 0 bridgehead atoms. The number of aryl methyl sites for hydroxylation is 1. The van der Waals surface area contributed by atoms with E-state index in [0.29, 0.717) is 23.6 Å². The van der Waals surface area contributed by atoms with Gasteiger partial charge in [-0.1, -0.05) is 0 Å². The molecule has 0 spiro atoms. The molecule has 5 rings (SSSR count). The Labute approximate surface area is 209 Å². The number of benzene rings is 1. The molecule has 37 heavy (non-hydrogen) atoms. The predicted molar refractivity (Wildman–Crippen MR) is 129 cm³/mol. The summed E-state index contributed by atoms with van der Waals surface area (Å²) in [5, 5.41) is 28.1. The van der Waals surface area contributed by atoms with Crippen molar-refractivity contribution in [2.45, 2.75) is 12.6 Å². The maximum absolute atomic E-state index is 13.1. The van der Waals surface area contributed by atoms with Crippen molar-refractivity contribution in [2.24, 2.45) is 7.05 Å². The molecule has 3 N–H and O–H groups in total. The zero-order valence-corrected chi connectivity index (χ0v) is 19.7. The lowest BCUT2D eigenvalue weighted by Crippen LogP contribution is -2.43. The standard InChI is InChI=1S/C21H22N8O.C2HF3O2/c1-27-13-16-15(12-22)17(2-3-18(16)26-27)25-21(30)29-9-5-14-19(4-6-24-20(14)29)28-10-7-23-8-11-28;3-2(4,5)1(6)7/h2-4,6,13,23H,5,7-11H2,1H3,(H,25,30);(H,6,7). The summed E-state index contributed by atoms with van der Waals surface area (Å²) in [6.07, 6.45) is -0.761. The second-order valence-electron chi connectivity index (χ2n) is 8.34. The van der Waals surface area contributed by atoms with Gasteiger partial charge in [-0.3, -0.25) is 9.58 Å². The van der Waals surface area contributed by atoms with Crippen molar-refractivity contribution in [1.82, 2.24) is 20.1 Å². The summed E-state index contributed by atoms with van der Waals surface area (Å²) in [4.78, 5) is 30.5. The van der Waals surface area contributed by atoms with E-state index >= 15 is 0 Å². The lowest BCUT2D eigenvalue weighted by Gasteiger charge is -2.31. The van der Waals surface area contributed by atoms with Crippen LogP contribution in [0.2, 0.25) is 0 Å². The maximum Gasteiger partial charge on any atom is 0.490 e. The van der Waals surface area contributed by atoms with Crippen molar-refractivity contribution in [1.29, 1.82) is 5.26 Å². The van der Waals surface area contributed by atoms with Crippen molar-refractivity contribution in [3.8, 4) is 6.07 Å². The fraction of sp³-hybridized carbons (Fsp3) is 0.348. The lowest BCUT2D eigenvalue weighted by atomic mass is 10.1. The topological polar surface area (TPSA) is 139 Å². The third-order valence-electron chi connectivity index (χ3n) is 5.95. The van der Waals surface area contributed by atoms with Crippen LogP contribution in [0.5, 0.6) is 0 Å². The number of hydrogen-bond donors (Lipinski definition) is 3. The molecule has 0 saturated carbocycles. The number of carboxylic acid groups (broad SMARTS) is 1. The molecule has 4 heterocycles. The number of carbonyl (C=O) groups excluding carboxylic acids is 1. The molecular weight excluding hydrogens is 493 g/mol. The van der Waals surface area contributed by atoms with Crippen LogP contribution in [0, 0.1) is 11.3 Å². The van der Waals surface area contributed by atoms with Gasteiger partial charge in [-0.15, -0.1) is 0 Å². The number of rotatable bonds is 2. The van der Waals surface area contributed by atoms with Crippen LogP contribution < -0.4 is 20.4 Å². The van der Waals surface area contributed by atoms with Crippen molar-refractivity contribution in [3.05, 3.63) is 41.7 Å². The van der Waals surface area contributed by atoms with E-state index in [0.717, 1.165) is 54.8 Å². The van der Waals surface area contributed by atoms with E-state index in [2.05, 4.69) is 31.7 Å². The molecule has 0 aliphatic carbocycles. The van der Waals surface area contributed by atoms with Crippen LogP contribution in [0.4, 0.5) is 35.2 Å². The first-order chi connectivity index (χ1) is 17.6. The first-order valence-electron chi connectivity index (χ1n) is 11.3. The summed E-state index contributed by atoms with van der Waals surface area (Å²) in [7, 11) is 1.81. The Morgan fingerprint density at radius 2 is 1.89 bits per heavy atom. The molecule has 14 heteroatoms. The summed E-state index contributed by atoms with van der Waals surface area (Å²) < 4.78 is 33.4. The minimum Gasteiger partial charge on any atom is -0.475 e. The van der Waals surface area contributed by atoms with Crippen LogP contribution >= 0.6 is 0 Å².